The first-order chi connectivity index (χ1) is 14.0. The van der Waals surface area contributed by atoms with Gasteiger partial charge in [-0.15, -0.1) is 0 Å². The Morgan fingerprint density at radius 1 is 1.28 bits per heavy atom. The van der Waals surface area contributed by atoms with Gasteiger partial charge in [0.05, 0.1) is 5.56 Å². The highest BCUT2D eigenvalue weighted by Crippen LogP contribution is 2.21. The van der Waals surface area contributed by atoms with Crippen molar-refractivity contribution in [3.8, 4) is 5.75 Å². The molecule has 3 rings (SSSR count). The molecule has 1 heterocycles. The largest absolute Gasteiger partial charge is 0.488 e. The van der Waals surface area contributed by atoms with Gasteiger partial charge in [-0.2, -0.15) is 0 Å². The molecule has 0 bridgehead atoms. The predicted molar refractivity (Wildman–Crippen MR) is 107 cm³/mol. The molecule has 7 heteroatoms. The van der Waals surface area contributed by atoms with Crippen LogP contribution in [0.5, 0.6) is 5.75 Å². The Bertz CT molecular complexity index is 889. The number of nitrogens with one attached hydrogen (secondary N) is 2. The highest BCUT2D eigenvalue weighted by atomic mass is 16.5. The molecule has 29 heavy (non-hydrogen) atoms. The van der Waals surface area contributed by atoms with Crippen molar-refractivity contribution in [2.24, 2.45) is 0 Å². The van der Waals surface area contributed by atoms with Crippen molar-refractivity contribution in [1.82, 2.24) is 10.6 Å². The van der Waals surface area contributed by atoms with Gasteiger partial charge < -0.3 is 20.5 Å². The third-order valence-corrected chi connectivity index (χ3v) is 5.07. The number of benzene rings is 2. The maximum Gasteiger partial charge on any atom is 0.327 e. The Hall–Kier alpha value is -3.19. The molecular weight excluding hydrogens is 372 g/mol. The molecule has 0 aromatic heterocycles. The number of aryl methyl sites for hydroxylation is 1. The molecule has 0 spiro atoms. The first kappa shape index (κ1) is 20.5. The number of carboxylic acid groups (broad SMARTS) is 1. The lowest BCUT2D eigenvalue weighted by Gasteiger charge is -2.21. The van der Waals surface area contributed by atoms with Gasteiger partial charge in [0.25, 0.3) is 5.91 Å². The fourth-order valence-corrected chi connectivity index (χ4v) is 3.40. The number of hydrogen-bond acceptors (Lipinski definition) is 5. The van der Waals surface area contributed by atoms with Crippen LogP contribution in [-0.4, -0.2) is 41.9 Å². The quantitative estimate of drug-likeness (QED) is 0.592. The molecule has 1 saturated heterocycles. The molecule has 2 atom stereocenters. The number of ether oxygens (including phenoxy) is 1. The highest BCUT2D eigenvalue weighted by molar-refractivity contribution is 5.96. The smallest absolute Gasteiger partial charge is 0.327 e. The summed E-state index contributed by atoms with van der Waals surface area (Å²) in [6.07, 6.45) is 2.39. The van der Waals surface area contributed by atoms with E-state index in [0.29, 0.717) is 16.9 Å². The van der Waals surface area contributed by atoms with Gasteiger partial charge in [-0.25, -0.2) is 4.79 Å². The lowest BCUT2D eigenvalue weighted by molar-refractivity contribution is -0.139. The second kappa shape index (κ2) is 9.34. The van der Waals surface area contributed by atoms with Gasteiger partial charge in [0.1, 0.15) is 18.4 Å². The van der Waals surface area contributed by atoms with Crippen LogP contribution >= 0.6 is 0 Å². The lowest BCUT2D eigenvalue weighted by Crippen LogP contribution is -2.52. The molecule has 1 aliphatic heterocycles. The van der Waals surface area contributed by atoms with Crippen molar-refractivity contribution in [3.05, 3.63) is 64.7 Å². The number of rotatable bonds is 8. The van der Waals surface area contributed by atoms with Crippen molar-refractivity contribution >= 4 is 18.2 Å². The Balaban J connectivity index is 1.62. The van der Waals surface area contributed by atoms with Crippen LogP contribution in [0.2, 0.25) is 0 Å². The van der Waals surface area contributed by atoms with Crippen LogP contribution in [0.4, 0.5) is 0 Å². The molecule has 0 aliphatic carbocycles. The van der Waals surface area contributed by atoms with Gasteiger partial charge in [-0.1, -0.05) is 24.3 Å². The topological polar surface area (TPSA) is 105 Å². The van der Waals surface area contributed by atoms with E-state index in [1.54, 1.807) is 30.3 Å². The van der Waals surface area contributed by atoms with Crippen molar-refractivity contribution in [2.75, 3.05) is 6.54 Å². The van der Waals surface area contributed by atoms with E-state index in [2.05, 4.69) is 10.6 Å². The summed E-state index contributed by atoms with van der Waals surface area (Å²) in [6.45, 7) is 2.84. The monoisotopic (exact) mass is 396 g/mol. The number of hydrogen-bond donors (Lipinski definition) is 3. The second-order valence-electron chi connectivity index (χ2n) is 7.08. The lowest BCUT2D eigenvalue weighted by atomic mass is 10.1. The van der Waals surface area contributed by atoms with E-state index in [0.717, 1.165) is 36.8 Å². The van der Waals surface area contributed by atoms with Crippen LogP contribution in [0.15, 0.2) is 42.5 Å². The van der Waals surface area contributed by atoms with Crippen LogP contribution < -0.4 is 15.4 Å². The van der Waals surface area contributed by atoms with E-state index in [-0.39, 0.29) is 12.6 Å². The van der Waals surface area contributed by atoms with Crippen LogP contribution in [0, 0.1) is 6.92 Å². The van der Waals surface area contributed by atoms with Crippen molar-refractivity contribution < 1.29 is 24.2 Å². The molecule has 1 aliphatic rings. The summed E-state index contributed by atoms with van der Waals surface area (Å²) in [7, 11) is 0. The van der Waals surface area contributed by atoms with E-state index >= 15 is 0 Å². The molecule has 1 fully saturated rings. The third kappa shape index (κ3) is 5.00. The van der Waals surface area contributed by atoms with Crippen LogP contribution in [0.3, 0.4) is 0 Å². The number of carbonyl (C=O) groups excluding carboxylic acids is 2. The van der Waals surface area contributed by atoms with Crippen molar-refractivity contribution in [2.45, 2.75) is 38.5 Å². The van der Waals surface area contributed by atoms with E-state index in [1.165, 1.54) is 0 Å². The first-order valence-corrected chi connectivity index (χ1v) is 9.53. The summed E-state index contributed by atoms with van der Waals surface area (Å²) in [4.78, 5) is 35.2. The molecular formula is C22H24N2O5. The summed E-state index contributed by atoms with van der Waals surface area (Å²) in [5.74, 6) is -0.970. The Labute approximate surface area is 169 Å². The minimum Gasteiger partial charge on any atom is -0.488 e. The van der Waals surface area contributed by atoms with E-state index in [1.807, 2.05) is 19.1 Å². The van der Waals surface area contributed by atoms with Crippen molar-refractivity contribution in [3.63, 3.8) is 0 Å². The van der Waals surface area contributed by atoms with Gasteiger partial charge >= 0.3 is 5.97 Å². The summed E-state index contributed by atoms with van der Waals surface area (Å²) >= 11 is 0. The zero-order valence-corrected chi connectivity index (χ0v) is 16.2. The summed E-state index contributed by atoms with van der Waals surface area (Å²) in [5.41, 5.74) is 2.56. The Morgan fingerprint density at radius 2 is 2.03 bits per heavy atom. The van der Waals surface area contributed by atoms with E-state index in [9.17, 15) is 19.5 Å². The molecule has 1 unspecified atom stereocenters. The van der Waals surface area contributed by atoms with Gasteiger partial charge in [0.15, 0.2) is 6.29 Å². The average molecular weight is 396 g/mol. The minimum absolute atomic E-state index is 0.246. The highest BCUT2D eigenvalue weighted by Gasteiger charge is 2.31. The van der Waals surface area contributed by atoms with Gasteiger partial charge in [-0.3, -0.25) is 9.59 Å². The van der Waals surface area contributed by atoms with E-state index < -0.39 is 17.9 Å². The normalized spacial score (nSPS) is 16.8. The first-order valence-electron chi connectivity index (χ1n) is 9.53. The maximum atomic E-state index is 12.5. The maximum absolute atomic E-state index is 12.5. The molecule has 0 saturated carbocycles. The van der Waals surface area contributed by atoms with Crippen molar-refractivity contribution in [1.29, 1.82) is 0 Å². The summed E-state index contributed by atoms with van der Waals surface area (Å²) < 4.78 is 5.74. The number of carbonyl (C=O) groups is 3. The number of aldehydes is 1. The average Bonchev–Trinajstić information content (AvgIpc) is 3.25. The van der Waals surface area contributed by atoms with E-state index in [4.69, 9.17) is 4.74 Å². The minimum atomic E-state index is -1.05. The summed E-state index contributed by atoms with van der Waals surface area (Å²) in [6, 6.07) is 10.9. The molecule has 1 amide bonds. The molecule has 2 aromatic rings. The predicted octanol–water partition coefficient (Wildman–Crippen LogP) is 2.32. The van der Waals surface area contributed by atoms with Gasteiger partial charge in [0.2, 0.25) is 0 Å². The van der Waals surface area contributed by atoms with Gasteiger partial charge in [0, 0.05) is 11.6 Å². The Kier molecular flexibility index (Phi) is 6.61. The standard InChI is InChI=1S/C22H24N2O5/c1-14-4-2-6-19(17(14)12-25)29-13-15-7-9-16(10-8-15)21(26)24-20(22(27)28)18-5-3-11-23-18/h2,4,6-10,12,18,20,23H,3,5,11,13H2,1H3,(H,24,26)(H,27,28)/t18?,20-/m0/s1. The Morgan fingerprint density at radius 3 is 2.66 bits per heavy atom. The fourth-order valence-electron chi connectivity index (χ4n) is 3.40. The molecule has 2 aromatic carbocycles. The second-order valence-corrected chi connectivity index (χ2v) is 7.08. The zero-order valence-electron chi connectivity index (χ0n) is 16.2. The molecule has 3 N–H and O–H groups in total. The molecule has 152 valence electrons. The number of aliphatic carboxylic acids is 1. The van der Waals surface area contributed by atoms with Crippen LogP contribution in [-0.2, 0) is 11.4 Å². The van der Waals surface area contributed by atoms with Crippen LogP contribution in [0.25, 0.3) is 0 Å². The fraction of sp³-hybridized carbons (Fsp3) is 0.318. The molecule has 0 radical (unpaired) electrons. The number of carboxylic acids is 1. The zero-order chi connectivity index (χ0) is 20.8. The SMILES string of the molecule is Cc1cccc(OCc2ccc(C(=O)N[C@H](C(=O)O)C3CCCN3)cc2)c1C=O. The third-order valence-electron chi connectivity index (χ3n) is 5.07. The van der Waals surface area contributed by atoms with Crippen LogP contribution in [0.1, 0.15) is 44.7 Å². The molecule has 7 nitrogen and oxygen atoms in total. The number of amides is 1. The van der Waals surface area contributed by atoms with Gasteiger partial charge in [-0.05, 0) is 55.6 Å². The summed E-state index contributed by atoms with van der Waals surface area (Å²) in [5, 5.41) is 15.1.